The Morgan fingerprint density at radius 2 is 2.12 bits per heavy atom. The molecule has 3 nitrogen and oxygen atoms in total. The van der Waals surface area contributed by atoms with Gasteiger partial charge in [-0.1, -0.05) is 0 Å². The predicted octanol–water partition coefficient (Wildman–Crippen LogP) is 2.34. The second kappa shape index (κ2) is 3.99. The molecule has 0 fully saturated rings. The van der Waals surface area contributed by atoms with E-state index in [-0.39, 0.29) is 5.69 Å². The summed E-state index contributed by atoms with van der Waals surface area (Å²) in [6.45, 7) is 0. The van der Waals surface area contributed by atoms with Crippen LogP contribution in [0.5, 0.6) is 0 Å². The van der Waals surface area contributed by atoms with Crippen LogP contribution in [0.1, 0.15) is 5.56 Å². The van der Waals surface area contributed by atoms with Crippen LogP contribution in [-0.4, -0.2) is 4.98 Å². The van der Waals surface area contributed by atoms with Crippen molar-refractivity contribution >= 4 is 5.69 Å². The molecule has 0 aliphatic heterocycles. The molecule has 0 aliphatic carbocycles. The number of nitrogens with zero attached hydrogens (tertiary/aromatic N) is 2. The van der Waals surface area contributed by atoms with Gasteiger partial charge < -0.3 is 5.73 Å². The molecular weight excluding hydrogens is 205 g/mol. The van der Waals surface area contributed by atoms with E-state index in [1.54, 1.807) is 12.1 Å². The van der Waals surface area contributed by atoms with Gasteiger partial charge >= 0.3 is 0 Å². The molecule has 0 saturated carbocycles. The molecule has 1 aromatic carbocycles. The van der Waals surface area contributed by atoms with Gasteiger partial charge in [0, 0.05) is 17.4 Å². The molecule has 0 radical (unpaired) electrons. The number of nitrogens with two attached hydrogens (primary N) is 1. The van der Waals surface area contributed by atoms with Gasteiger partial charge in [0.25, 0.3) is 0 Å². The summed E-state index contributed by atoms with van der Waals surface area (Å²) in [4.78, 5) is 3.93. The summed E-state index contributed by atoms with van der Waals surface area (Å²) in [5, 5.41) is 8.68. The minimum absolute atomic E-state index is 0.199. The Bertz CT molecular complexity index is 573. The highest BCUT2D eigenvalue weighted by Crippen LogP contribution is 2.26. The zero-order valence-corrected chi connectivity index (χ0v) is 8.31. The minimum Gasteiger partial charge on any atom is -0.398 e. The summed E-state index contributed by atoms with van der Waals surface area (Å²) in [6, 6.07) is 9.48. The summed E-state index contributed by atoms with van der Waals surface area (Å²) < 4.78 is 13.5. The van der Waals surface area contributed by atoms with Crippen LogP contribution in [0.4, 0.5) is 10.1 Å². The molecule has 0 spiro atoms. The Morgan fingerprint density at radius 1 is 1.31 bits per heavy atom. The molecule has 1 heterocycles. The summed E-state index contributed by atoms with van der Waals surface area (Å²) >= 11 is 0. The number of hydrogen-bond donors (Lipinski definition) is 1. The van der Waals surface area contributed by atoms with Crippen molar-refractivity contribution < 1.29 is 4.39 Å². The van der Waals surface area contributed by atoms with E-state index in [9.17, 15) is 4.39 Å². The lowest BCUT2D eigenvalue weighted by Gasteiger charge is -2.05. The van der Waals surface area contributed by atoms with E-state index in [2.05, 4.69) is 4.98 Å². The second-order valence-corrected chi connectivity index (χ2v) is 3.25. The van der Waals surface area contributed by atoms with Crippen LogP contribution in [0.25, 0.3) is 11.3 Å². The number of anilines is 1. The van der Waals surface area contributed by atoms with Crippen LogP contribution in [0.3, 0.4) is 0 Å². The topological polar surface area (TPSA) is 62.7 Å². The Balaban J connectivity index is 2.58. The Morgan fingerprint density at radius 3 is 2.75 bits per heavy atom. The van der Waals surface area contributed by atoms with E-state index in [4.69, 9.17) is 11.0 Å². The molecule has 78 valence electrons. The van der Waals surface area contributed by atoms with E-state index in [1.807, 2.05) is 6.07 Å². The quantitative estimate of drug-likeness (QED) is 0.739. The number of benzene rings is 1. The lowest BCUT2D eigenvalue weighted by atomic mass is 10.1. The monoisotopic (exact) mass is 213 g/mol. The molecule has 2 rings (SSSR count). The van der Waals surface area contributed by atoms with Gasteiger partial charge in [-0.05, 0) is 30.3 Å². The molecule has 2 aromatic rings. The molecular formula is C12H8FN3. The SMILES string of the molecule is N#Cc1ccc(-c2ncccc2F)c(N)c1. The first kappa shape index (κ1) is 10.1. The van der Waals surface area contributed by atoms with Gasteiger partial charge in [0.1, 0.15) is 11.5 Å². The third-order valence-corrected chi connectivity index (χ3v) is 2.19. The summed E-state index contributed by atoms with van der Waals surface area (Å²) in [5.41, 5.74) is 7.22. The van der Waals surface area contributed by atoms with E-state index < -0.39 is 5.82 Å². The van der Waals surface area contributed by atoms with Crippen molar-refractivity contribution in [2.75, 3.05) is 5.73 Å². The van der Waals surface area contributed by atoms with Crippen LogP contribution in [0.15, 0.2) is 36.5 Å². The van der Waals surface area contributed by atoms with E-state index in [1.165, 1.54) is 24.4 Å². The van der Waals surface area contributed by atoms with Crippen molar-refractivity contribution in [2.45, 2.75) is 0 Å². The lowest BCUT2D eigenvalue weighted by molar-refractivity contribution is 0.626. The maximum Gasteiger partial charge on any atom is 0.149 e. The molecule has 0 bridgehead atoms. The number of nitrogen functional groups attached to an aromatic ring is 1. The number of pyridine rings is 1. The molecule has 16 heavy (non-hydrogen) atoms. The third-order valence-electron chi connectivity index (χ3n) is 2.19. The van der Waals surface area contributed by atoms with Crippen molar-refractivity contribution in [1.82, 2.24) is 4.98 Å². The number of halogens is 1. The van der Waals surface area contributed by atoms with E-state index >= 15 is 0 Å². The maximum atomic E-state index is 13.5. The number of aromatic nitrogens is 1. The van der Waals surface area contributed by atoms with Crippen LogP contribution in [0, 0.1) is 17.1 Å². The molecule has 0 unspecified atom stereocenters. The molecule has 2 N–H and O–H groups in total. The van der Waals surface area contributed by atoms with Crippen LogP contribution in [-0.2, 0) is 0 Å². The first-order valence-corrected chi connectivity index (χ1v) is 4.63. The summed E-state index contributed by atoms with van der Waals surface area (Å²) in [7, 11) is 0. The van der Waals surface area contributed by atoms with Crippen molar-refractivity contribution in [3.63, 3.8) is 0 Å². The van der Waals surface area contributed by atoms with Crippen molar-refractivity contribution in [1.29, 1.82) is 5.26 Å². The fourth-order valence-electron chi connectivity index (χ4n) is 1.43. The fourth-order valence-corrected chi connectivity index (χ4v) is 1.43. The van der Waals surface area contributed by atoms with Crippen LogP contribution >= 0.6 is 0 Å². The average molecular weight is 213 g/mol. The second-order valence-electron chi connectivity index (χ2n) is 3.25. The smallest absolute Gasteiger partial charge is 0.149 e. The fraction of sp³-hybridized carbons (Fsp3) is 0. The van der Waals surface area contributed by atoms with Gasteiger partial charge in [-0.2, -0.15) is 5.26 Å². The molecule has 0 amide bonds. The standard InChI is InChI=1S/C12H8FN3/c13-10-2-1-5-16-12(10)9-4-3-8(7-14)6-11(9)15/h1-6H,15H2. The van der Waals surface area contributed by atoms with E-state index in [0.717, 1.165) is 0 Å². The number of nitriles is 1. The highest BCUT2D eigenvalue weighted by molar-refractivity contribution is 5.75. The lowest BCUT2D eigenvalue weighted by Crippen LogP contribution is -1.95. The Labute approximate surface area is 92.0 Å². The van der Waals surface area contributed by atoms with Gasteiger partial charge in [-0.15, -0.1) is 0 Å². The van der Waals surface area contributed by atoms with Gasteiger partial charge in [0.05, 0.1) is 11.6 Å². The Kier molecular flexibility index (Phi) is 2.52. The number of hydrogen-bond acceptors (Lipinski definition) is 3. The van der Waals surface area contributed by atoms with Gasteiger partial charge in [-0.3, -0.25) is 4.98 Å². The molecule has 1 aromatic heterocycles. The summed E-state index contributed by atoms with van der Waals surface area (Å²) in [5.74, 6) is -0.432. The van der Waals surface area contributed by atoms with Gasteiger partial charge in [-0.25, -0.2) is 4.39 Å². The highest BCUT2D eigenvalue weighted by atomic mass is 19.1. The zero-order valence-electron chi connectivity index (χ0n) is 8.31. The normalized spacial score (nSPS) is 9.75. The van der Waals surface area contributed by atoms with Crippen molar-refractivity contribution in [2.24, 2.45) is 0 Å². The van der Waals surface area contributed by atoms with E-state index in [0.29, 0.717) is 16.8 Å². The molecule has 4 heteroatoms. The molecule has 0 atom stereocenters. The predicted molar refractivity (Wildman–Crippen MR) is 58.8 cm³/mol. The van der Waals surface area contributed by atoms with Crippen molar-refractivity contribution in [3.8, 4) is 17.3 Å². The highest BCUT2D eigenvalue weighted by Gasteiger charge is 2.09. The number of rotatable bonds is 1. The third kappa shape index (κ3) is 1.71. The first-order valence-electron chi connectivity index (χ1n) is 4.63. The summed E-state index contributed by atoms with van der Waals surface area (Å²) in [6.07, 6.45) is 1.50. The van der Waals surface area contributed by atoms with Gasteiger partial charge in [0.2, 0.25) is 0 Å². The largest absolute Gasteiger partial charge is 0.398 e. The Hall–Kier alpha value is -2.41. The van der Waals surface area contributed by atoms with Gasteiger partial charge in [0.15, 0.2) is 0 Å². The van der Waals surface area contributed by atoms with Crippen LogP contribution in [0.2, 0.25) is 0 Å². The first-order chi connectivity index (χ1) is 7.72. The van der Waals surface area contributed by atoms with Crippen molar-refractivity contribution in [3.05, 3.63) is 47.9 Å². The maximum absolute atomic E-state index is 13.5. The molecule has 0 aliphatic rings. The van der Waals surface area contributed by atoms with Crippen LogP contribution < -0.4 is 5.73 Å². The zero-order chi connectivity index (χ0) is 11.5. The molecule has 0 saturated heterocycles. The minimum atomic E-state index is -0.432. The average Bonchev–Trinajstić information content (AvgIpc) is 2.30.